The fourth-order valence-corrected chi connectivity index (χ4v) is 3.36. The molecule has 4 nitrogen and oxygen atoms in total. The average molecular weight is 378 g/mol. The molecule has 0 unspecified atom stereocenters. The fourth-order valence-electron chi connectivity index (χ4n) is 2.10. The number of hydrogen-bond donors (Lipinski definition) is 1. The first-order valence-electron chi connectivity index (χ1n) is 7.21. The van der Waals surface area contributed by atoms with Gasteiger partial charge in [-0.1, -0.05) is 23.2 Å². The molecule has 0 atom stereocenters. The summed E-state index contributed by atoms with van der Waals surface area (Å²) < 4.78 is 0. The van der Waals surface area contributed by atoms with E-state index < -0.39 is 0 Å². The normalized spacial score (nSPS) is 10.6. The second kappa shape index (κ2) is 7.75. The summed E-state index contributed by atoms with van der Waals surface area (Å²) >= 11 is 13.4. The van der Waals surface area contributed by atoms with Gasteiger partial charge in [-0.25, -0.2) is 4.98 Å². The minimum absolute atomic E-state index is 0.114. The number of nitrogens with zero attached hydrogens (tertiary/aromatic N) is 2. The molecule has 0 saturated carbocycles. The number of nitrogens with one attached hydrogen (secondary N) is 1. The van der Waals surface area contributed by atoms with E-state index in [1.807, 2.05) is 17.5 Å². The first kappa shape index (κ1) is 16.9. The van der Waals surface area contributed by atoms with Crippen LogP contribution in [-0.2, 0) is 11.2 Å². The predicted octanol–water partition coefficient (Wildman–Crippen LogP) is 5.08. The quantitative estimate of drug-likeness (QED) is 0.673. The lowest BCUT2D eigenvalue weighted by molar-refractivity contribution is -0.116. The molecule has 0 aliphatic heterocycles. The average Bonchev–Trinajstić information content (AvgIpc) is 3.05. The molecule has 0 spiro atoms. The molecule has 122 valence electrons. The van der Waals surface area contributed by atoms with Crippen molar-refractivity contribution in [2.75, 3.05) is 5.32 Å². The van der Waals surface area contributed by atoms with Crippen molar-refractivity contribution in [2.45, 2.75) is 12.8 Å². The molecule has 0 aliphatic rings. The molecule has 2 aromatic heterocycles. The van der Waals surface area contributed by atoms with Gasteiger partial charge in [0.25, 0.3) is 0 Å². The van der Waals surface area contributed by atoms with Gasteiger partial charge in [-0.15, -0.1) is 11.3 Å². The maximum absolute atomic E-state index is 12.1. The largest absolute Gasteiger partial charge is 0.325 e. The van der Waals surface area contributed by atoms with E-state index in [0.29, 0.717) is 28.6 Å². The zero-order chi connectivity index (χ0) is 16.9. The number of benzene rings is 1. The van der Waals surface area contributed by atoms with Gasteiger partial charge in [0, 0.05) is 41.2 Å². The lowest BCUT2D eigenvalue weighted by Gasteiger charge is -2.06. The number of carbonyl (C=O) groups excluding carboxylic acids is 1. The van der Waals surface area contributed by atoms with Crippen molar-refractivity contribution in [3.8, 4) is 11.3 Å². The molecule has 0 bridgehead atoms. The van der Waals surface area contributed by atoms with Crippen molar-refractivity contribution in [2.24, 2.45) is 0 Å². The monoisotopic (exact) mass is 377 g/mol. The second-order valence-electron chi connectivity index (χ2n) is 5.04. The Labute approximate surface area is 153 Å². The molecule has 7 heteroatoms. The van der Waals surface area contributed by atoms with Gasteiger partial charge in [0.15, 0.2) is 0 Å². The highest BCUT2D eigenvalue weighted by molar-refractivity contribution is 7.09. The molecule has 0 radical (unpaired) electrons. The molecule has 2 heterocycles. The Kier molecular flexibility index (Phi) is 5.45. The minimum Gasteiger partial charge on any atom is -0.325 e. The summed E-state index contributed by atoms with van der Waals surface area (Å²) in [5, 5.41) is 6.62. The zero-order valence-corrected chi connectivity index (χ0v) is 14.8. The van der Waals surface area contributed by atoms with E-state index in [2.05, 4.69) is 15.3 Å². The number of amides is 1. The third kappa shape index (κ3) is 4.32. The van der Waals surface area contributed by atoms with Crippen molar-refractivity contribution in [3.63, 3.8) is 0 Å². The Bertz CT molecular complexity index is 852. The summed E-state index contributed by atoms with van der Waals surface area (Å²) in [6.45, 7) is 0. The first-order valence-corrected chi connectivity index (χ1v) is 8.85. The highest BCUT2D eigenvalue weighted by atomic mass is 35.5. The van der Waals surface area contributed by atoms with Crippen LogP contribution in [0.2, 0.25) is 10.0 Å². The van der Waals surface area contributed by atoms with Gasteiger partial charge in [0.2, 0.25) is 5.91 Å². The van der Waals surface area contributed by atoms with Gasteiger partial charge in [0.1, 0.15) is 0 Å². The maximum atomic E-state index is 12.1. The molecular weight excluding hydrogens is 365 g/mol. The van der Waals surface area contributed by atoms with Crippen molar-refractivity contribution in [1.29, 1.82) is 0 Å². The van der Waals surface area contributed by atoms with Crippen LogP contribution in [0, 0.1) is 0 Å². The van der Waals surface area contributed by atoms with E-state index in [9.17, 15) is 4.79 Å². The van der Waals surface area contributed by atoms with Crippen LogP contribution in [0.4, 0.5) is 5.69 Å². The predicted molar refractivity (Wildman–Crippen MR) is 98.8 cm³/mol. The SMILES string of the molecule is O=C(CCc1nc(-c2cccnc2)cs1)Nc1ccc(Cl)cc1Cl. The van der Waals surface area contributed by atoms with Crippen molar-refractivity contribution in [3.05, 3.63) is 63.2 Å². The van der Waals surface area contributed by atoms with E-state index in [1.165, 1.54) is 11.3 Å². The van der Waals surface area contributed by atoms with Gasteiger partial charge in [-0.3, -0.25) is 9.78 Å². The van der Waals surface area contributed by atoms with Crippen LogP contribution < -0.4 is 5.32 Å². The lowest BCUT2D eigenvalue weighted by atomic mass is 10.2. The maximum Gasteiger partial charge on any atom is 0.224 e. The van der Waals surface area contributed by atoms with E-state index in [1.54, 1.807) is 30.6 Å². The van der Waals surface area contributed by atoms with E-state index in [0.717, 1.165) is 16.3 Å². The highest BCUT2D eigenvalue weighted by Crippen LogP contribution is 2.26. The molecule has 1 amide bonds. The van der Waals surface area contributed by atoms with Gasteiger partial charge in [-0.2, -0.15) is 0 Å². The molecule has 1 N–H and O–H groups in total. The van der Waals surface area contributed by atoms with Crippen LogP contribution >= 0.6 is 34.5 Å². The zero-order valence-electron chi connectivity index (χ0n) is 12.5. The fraction of sp³-hybridized carbons (Fsp3) is 0.118. The number of carbonyl (C=O) groups is 1. The van der Waals surface area contributed by atoms with Gasteiger partial charge in [-0.05, 0) is 30.3 Å². The van der Waals surface area contributed by atoms with Crippen LogP contribution in [0.25, 0.3) is 11.3 Å². The van der Waals surface area contributed by atoms with Crippen LogP contribution in [0.1, 0.15) is 11.4 Å². The molecule has 0 fully saturated rings. The van der Waals surface area contributed by atoms with Crippen LogP contribution in [-0.4, -0.2) is 15.9 Å². The van der Waals surface area contributed by atoms with Gasteiger partial charge in [0.05, 0.1) is 21.4 Å². The van der Waals surface area contributed by atoms with E-state index in [4.69, 9.17) is 23.2 Å². The minimum atomic E-state index is -0.114. The summed E-state index contributed by atoms with van der Waals surface area (Å²) in [4.78, 5) is 20.7. The Hall–Kier alpha value is -1.95. The van der Waals surface area contributed by atoms with Crippen LogP contribution in [0.3, 0.4) is 0 Å². The van der Waals surface area contributed by atoms with Crippen molar-refractivity contribution < 1.29 is 4.79 Å². The standard InChI is InChI=1S/C17H13Cl2N3OS/c18-12-3-4-14(13(19)8-12)21-16(23)5-6-17-22-15(10-24-17)11-2-1-7-20-9-11/h1-4,7-10H,5-6H2,(H,21,23). The van der Waals surface area contributed by atoms with E-state index >= 15 is 0 Å². The summed E-state index contributed by atoms with van der Waals surface area (Å²) in [6, 6.07) is 8.80. The van der Waals surface area contributed by atoms with Gasteiger partial charge < -0.3 is 5.32 Å². The molecule has 3 rings (SSSR count). The Morgan fingerprint density at radius 2 is 2.12 bits per heavy atom. The number of thiazole rings is 1. The van der Waals surface area contributed by atoms with Gasteiger partial charge >= 0.3 is 0 Å². The van der Waals surface area contributed by atoms with Crippen LogP contribution in [0.5, 0.6) is 0 Å². The first-order chi connectivity index (χ1) is 11.6. The molecule has 0 aliphatic carbocycles. The molecular formula is C17H13Cl2N3OS. The lowest BCUT2D eigenvalue weighted by Crippen LogP contribution is -2.12. The number of aryl methyl sites for hydroxylation is 1. The second-order valence-corrected chi connectivity index (χ2v) is 6.83. The summed E-state index contributed by atoms with van der Waals surface area (Å²) in [5.74, 6) is -0.114. The van der Waals surface area contributed by atoms with Crippen molar-refractivity contribution >= 4 is 46.1 Å². The molecule has 0 saturated heterocycles. The topological polar surface area (TPSA) is 54.9 Å². The molecule has 3 aromatic rings. The number of hydrogen-bond acceptors (Lipinski definition) is 4. The smallest absolute Gasteiger partial charge is 0.224 e. The molecule has 24 heavy (non-hydrogen) atoms. The molecule has 1 aromatic carbocycles. The third-order valence-corrected chi connectivity index (χ3v) is 4.74. The van der Waals surface area contributed by atoms with E-state index in [-0.39, 0.29) is 5.91 Å². The van der Waals surface area contributed by atoms with Crippen molar-refractivity contribution in [1.82, 2.24) is 9.97 Å². The Balaban J connectivity index is 1.58. The number of pyridine rings is 1. The number of halogens is 2. The van der Waals surface area contributed by atoms with Crippen LogP contribution in [0.15, 0.2) is 48.1 Å². The number of aromatic nitrogens is 2. The number of rotatable bonds is 5. The third-order valence-electron chi connectivity index (χ3n) is 3.28. The summed E-state index contributed by atoms with van der Waals surface area (Å²) in [6.07, 6.45) is 4.40. The number of anilines is 1. The summed E-state index contributed by atoms with van der Waals surface area (Å²) in [7, 11) is 0. The summed E-state index contributed by atoms with van der Waals surface area (Å²) in [5.41, 5.74) is 2.41. The highest BCUT2D eigenvalue weighted by Gasteiger charge is 2.09. The Morgan fingerprint density at radius 1 is 1.25 bits per heavy atom. The Morgan fingerprint density at radius 3 is 2.88 bits per heavy atom.